The van der Waals surface area contributed by atoms with Crippen molar-refractivity contribution in [1.29, 1.82) is 0 Å². The lowest BCUT2D eigenvalue weighted by atomic mass is 10.1. The van der Waals surface area contributed by atoms with Crippen LogP contribution in [0.3, 0.4) is 0 Å². The summed E-state index contributed by atoms with van der Waals surface area (Å²) >= 11 is 0. The predicted octanol–water partition coefficient (Wildman–Crippen LogP) is 2.48. The van der Waals surface area contributed by atoms with Crippen LogP contribution in [0.1, 0.15) is 29.8 Å². The van der Waals surface area contributed by atoms with Gasteiger partial charge in [0, 0.05) is 6.42 Å². The molecule has 3 aromatic rings. The zero-order chi connectivity index (χ0) is 24.6. The summed E-state index contributed by atoms with van der Waals surface area (Å²) in [5.41, 5.74) is 6.58. The fourth-order valence-corrected chi connectivity index (χ4v) is 4.95. The van der Waals surface area contributed by atoms with Crippen LogP contribution in [0.15, 0.2) is 84.9 Å². The lowest BCUT2D eigenvalue weighted by Crippen LogP contribution is -2.46. The minimum absolute atomic E-state index is 0.0952. The molecule has 3 rings (SSSR count). The largest absolute Gasteiger partial charge is 0.481 e. The minimum atomic E-state index is -4.18. The van der Waals surface area contributed by atoms with Gasteiger partial charge in [-0.15, -0.1) is 0 Å². The van der Waals surface area contributed by atoms with Crippen molar-refractivity contribution in [2.45, 2.75) is 18.6 Å². The second kappa shape index (κ2) is 11.2. The first-order chi connectivity index (χ1) is 16.3. The van der Waals surface area contributed by atoms with Gasteiger partial charge in [-0.25, -0.2) is 4.57 Å². The van der Waals surface area contributed by atoms with Crippen LogP contribution in [-0.2, 0) is 14.2 Å². The van der Waals surface area contributed by atoms with Crippen LogP contribution in [0.2, 0.25) is 0 Å². The van der Waals surface area contributed by atoms with Gasteiger partial charge in [0.05, 0.1) is 12.0 Å². The van der Waals surface area contributed by atoms with Crippen molar-refractivity contribution in [2.75, 3.05) is 0 Å². The van der Waals surface area contributed by atoms with Crippen LogP contribution in [0.25, 0.3) is 0 Å². The lowest BCUT2D eigenvalue weighted by molar-refractivity contribution is -0.138. The number of amides is 1. The highest BCUT2D eigenvalue weighted by Crippen LogP contribution is 2.59. The van der Waals surface area contributed by atoms with Crippen LogP contribution >= 0.6 is 7.60 Å². The van der Waals surface area contributed by atoms with Gasteiger partial charge < -0.3 is 19.5 Å². The van der Waals surface area contributed by atoms with Crippen LogP contribution in [0.5, 0.6) is 11.5 Å². The molecule has 1 atom stereocenters. The van der Waals surface area contributed by atoms with E-state index >= 15 is 0 Å². The summed E-state index contributed by atoms with van der Waals surface area (Å²) < 4.78 is 26.1. The van der Waals surface area contributed by atoms with Crippen molar-refractivity contribution in [1.82, 2.24) is 5.32 Å². The van der Waals surface area contributed by atoms with Gasteiger partial charge in [-0.2, -0.15) is 0 Å². The van der Waals surface area contributed by atoms with Gasteiger partial charge in [-0.05, 0) is 42.0 Å². The third-order valence-electron chi connectivity index (χ3n) is 4.69. The fraction of sp³-hybridized carbons (Fsp3) is 0.125. The molecule has 3 aromatic carbocycles. The van der Waals surface area contributed by atoms with E-state index in [0.29, 0.717) is 11.1 Å². The Bertz CT molecular complexity index is 1140. The van der Waals surface area contributed by atoms with Gasteiger partial charge in [-0.3, -0.25) is 20.7 Å². The molecule has 0 saturated heterocycles. The lowest BCUT2D eigenvalue weighted by Gasteiger charge is -2.28. The summed E-state index contributed by atoms with van der Waals surface area (Å²) in [7, 11) is -4.18. The Morgan fingerprint density at radius 1 is 0.882 bits per heavy atom. The van der Waals surface area contributed by atoms with Crippen LogP contribution < -0.4 is 25.5 Å². The maximum atomic E-state index is 14.3. The van der Waals surface area contributed by atoms with Crippen molar-refractivity contribution in [2.24, 2.45) is 5.73 Å². The van der Waals surface area contributed by atoms with E-state index in [1.807, 2.05) is 0 Å². The summed E-state index contributed by atoms with van der Waals surface area (Å²) in [4.78, 5) is 23.5. The number of carbonyl (C=O) groups excluding carboxylic acids is 1. The third kappa shape index (κ3) is 6.70. The molecular weight excluding hydrogens is 457 g/mol. The summed E-state index contributed by atoms with van der Waals surface area (Å²) in [6, 6.07) is 23.2. The van der Waals surface area contributed by atoms with E-state index in [9.17, 15) is 14.2 Å². The van der Waals surface area contributed by atoms with E-state index in [4.69, 9.17) is 25.3 Å². The van der Waals surface area contributed by atoms with Gasteiger partial charge in [0.1, 0.15) is 11.5 Å². The quantitative estimate of drug-likeness (QED) is 0.186. The molecule has 0 aliphatic heterocycles. The number of nitrogens with two attached hydrogens (primary N) is 2. The third-order valence-corrected chi connectivity index (χ3v) is 6.68. The van der Waals surface area contributed by atoms with Crippen LogP contribution in [-0.4, -0.2) is 22.8 Å². The Kier molecular flexibility index (Phi) is 8.05. The molecule has 0 bridgehead atoms. The summed E-state index contributed by atoms with van der Waals surface area (Å²) in [5.74, 6) is -2.39. The van der Waals surface area contributed by atoms with Crippen LogP contribution in [0, 0.1) is 0 Å². The highest BCUT2D eigenvalue weighted by molar-refractivity contribution is 7.55. The highest BCUT2D eigenvalue weighted by atomic mass is 31.2. The zero-order valence-electron chi connectivity index (χ0n) is 18.2. The average molecular weight is 482 g/mol. The molecule has 1 amide bonds. The molecule has 0 saturated carbocycles. The standard InChI is InChI=1S/C24H24N3O6P/c25-23(26)17-11-13-18(14-12-17)24(27-21(28)15-16-22(29)30)34(31,32-19-7-3-1-4-8-19)33-20-9-5-2-6-10-20/h1-14,24H,15-16H2,(H3,25,26)(H,27,28)(H,29,30)/p+1. The Morgan fingerprint density at radius 3 is 1.82 bits per heavy atom. The number of rotatable bonds is 11. The molecule has 0 spiro atoms. The number of hydrogen-bond acceptors (Lipinski definition) is 5. The number of aliphatic carboxylic acids is 1. The van der Waals surface area contributed by atoms with Crippen molar-refractivity contribution >= 4 is 25.3 Å². The normalized spacial score (nSPS) is 11.8. The number of hydrogen-bond donors (Lipinski definition) is 4. The Balaban J connectivity index is 2.04. The molecule has 34 heavy (non-hydrogen) atoms. The molecule has 10 heteroatoms. The Labute approximate surface area is 196 Å². The Hall–Kier alpha value is -4.10. The summed E-state index contributed by atoms with van der Waals surface area (Å²) in [6.07, 6.45) is -0.705. The van der Waals surface area contributed by atoms with E-state index < -0.39 is 25.3 Å². The number of amidine groups is 1. The van der Waals surface area contributed by atoms with Gasteiger partial charge in [0.2, 0.25) is 5.91 Å². The molecule has 9 nitrogen and oxygen atoms in total. The molecule has 6 N–H and O–H groups in total. The van der Waals surface area contributed by atoms with E-state index in [1.54, 1.807) is 84.9 Å². The average Bonchev–Trinajstić information content (AvgIpc) is 2.82. The first kappa shape index (κ1) is 24.5. The molecule has 1 unspecified atom stereocenters. The zero-order valence-corrected chi connectivity index (χ0v) is 19.1. The van der Waals surface area contributed by atoms with Crippen molar-refractivity contribution in [3.05, 3.63) is 96.1 Å². The minimum Gasteiger partial charge on any atom is -0.481 e. The molecular formula is C24H25N3O6P+. The van der Waals surface area contributed by atoms with Crippen molar-refractivity contribution in [3.63, 3.8) is 0 Å². The first-order valence-electron chi connectivity index (χ1n) is 10.4. The number of para-hydroxylation sites is 2. The van der Waals surface area contributed by atoms with Crippen molar-refractivity contribution in [3.8, 4) is 11.5 Å². The molecule has 0 heterocycles. The molecule has 0 aliphatic rings. The second-order valence-electron chi connectivity index (χ2n) is 7.29. The smallest absolute Gasteiger partial charge is 0.457 e. The number of carbonyl (C=O) groups is 2. The van der Waals surface area contributed by atoms with Gasteiger partial charge in [0.15, 0.2) is 5.78 Å². The molecule has 0 aliphatic carbocycles. The number of benzene rings is 3. The summed E-state index contributed by atoms with van der Waals surface area (Å²) in [5, 5.41) is 17.2. The second-order valence-corrected chi connectivity index (χ2v) is 9.25. The maximum Gasteiger partial charge on any atom is 0.457 e. The number of carboxylic acids is 1. The van der Waals surface area contributed by atoms with E-state index in [0.717, 1.165) is 0 Å². The van der Waals surface area contributed by atoms with E-state index in [2.05, 4.69) is 5.32 Å². The van der Waals surface area contributed by atoms with Crippen LogP contribution in [0.4, 0.5) is 0 Å². The summed E-state index contributed by atoms with van der Waals surface area (Å²) in [6.45, 7) is 0. The monoisotopic (exact) mass is 482 g/mol. The van der Waals surface area contributed by atoms with Crippen molar-refractivity contribution < 1.29 is 33.7 Å². The predicted molar refractivity (Wildman–Crippen MR) is 126 cm³/mol. The van der Waals surface area contributed by atoms with Gasteiger partial charge in [-0.1, -0.05) is 48.5 Å². The van der Waals surface area contributed by atoms with Gasteiger partial charge >= 0.3 is 13.6 Å². The first-order valence-corrected chi connectivity index (χ1v) is 12.0. The Morgan fingerprint density at radius 2 is 1.38 bits per heavy atom. The van der Waals surface area contributed by atoms with Gasteiger partial charge in [0.25, 0.3) is 5.84 Å². The number of carboxylic acid groups (broad SMARTS) is 1. The molecule has 0 radical (unpaired) electrons. The fourth-order valence-electron chi connectivity index (χ4n) is 3.03. The maximum absolute atomic E-state index is 14.3. The molecule has 176 valence electrons. The van der Waals surface area contributed by atoms with E-state index in [-0.39, 0.29) is 30.2 Å². The molecule has 0 fully saturated rings. The highest BCUT2D eigenvalue weighted by Gasteiger charge is 2.42. The number of nitrogens with one attached hydrogen (secondary N) is 1. The SMILES string of the molecule is NC(=[NH2+])c1ccc(C(NC(=O)CCC(=O)O)P(=O)(Oc2ccccc2)Oc2ccccc2)cc1. The van der Waals surface area contributed by atoms with E-state index in [1.165, 1.54) is 0 Å². The topological polar surface area (TPSA) is 154 Å². The molecule has 0 aromatic heterocycles.